The maximum Gasteiger partial charge on any atom is 0.336 e. The zero-order valence-corrected chi connectivity index (χ0v) is 32.5. The van der Waals surface area contributed by atoms with Gasteiger partial charge in [-0.15, -0.1) is 0 Å². The molecule has 1 unspecified atom stereocenters. The van der Waals surface area contributed by atoms with Crippen LogP contribution in [-0.4, -0.2) is 34.2 Å². The lowest BCUT2D eigenvalue weighted by Gasteiger charge is -2.43. The van der Waals surface area contributed by atoms with Gasteiger partial charge < -0.3 is 5.11 Å². The first kappa shape index (κ1) is 38.6. The van der Waals surface area contributed by atoms with Crippen LogP contribution >= 0.6 is 46.4 Å². The number of rotatable bonds is 5. The minimum absolute atomic E-state index is 0.292. The average Bonchev–Trinajstić information content (AvgIpc) is 3.43. The van der Waals surface area contributed by atoms with Crippen molar-refractivity contribution in [1.29, 1.82) is 0 Å². The second kappa shape index (κ2) is 14.6. The number of hydrogen-bond donors (Lipinski definition) is 1. The van der Waals surface area contributed by atoms with E-state index in [4.69, 9.17) is 53.0 Å². The van der Waals surface area contributed by atoms with Crippen molar-refractivity contribution in [2.45, 2.75) is 44.5 Å². The van der Waals surface area contributed by atoms with Gasteiger partial charge in [0.05, 0.1) is 17.8 Å². The van der Waals surface area contributed by atoms with Gasteiger partial charge in [0.15, 0.2) is 11.4 Å². The van der Waals surface area contributed by atoms with Crippen LogP contribution in [-0.2, 0) is 10.5 Å². The lowest BCUT2D eigenvalue weighted by atomic mass is 9.83. The van der Waals surface area contributed by atoms with Gasteiger partial charge in [-0.3, -0.25) is 19.5 Å². The molecule has 5 amide bonds. The van der Waals surface area contributed by atoms with Gasteiger partial charge >= 0.3 is 12.1 Å². The van der Waals surface area contributed by atoms with Crippen LogP contribution in [0.5, 0.6) is 0 Å². The third kappa shape index (κ3) is 6.66. The minimum Gasteiger partial charge on any atom is -0.365 e. The van der Waals surface area contributed by atoms with Gasteiger partial charge in [-0.1, -0.05) is 64.6 Å². The number of nitrogens with zero attached hydrogens (tertiary/aromatic N) is 5. The number of anilines is 4. The molecular formula is C41H33Cl4N5O4. The number of imide groups is 1. The summed E-state index contributed by atoms with van der Waals surface area (Å²) in [7, 11) is 0. The highest BCUT2D eigenvalue weighted by Gasteiger charge is 2.64. The van der Waals surface area contributed by atoms with Crippen molar-refractivity contribution >= 4 is 92.8 Å². The number of benzene rings is 5. The second-order valence-electron chi connectivity index (χ2n) is 13.6. The van der Waals surface area contributed by atoms with Crippen LogP contribution in [0.4, 0.5) is 38.0 Å². The molecule has 0 bridgehead atoms. The van der Waals surface area contributed by atoms with E-state index in [0.717, 1.165) is 0 Å². The van der Waals surface area contributed by atoms with Crippen LogP contribution in [0.15, 0.2) is 121 Å². The molecule has 7 rings (SSSR count). The number of carbonyl (C=O) groups excluding carboxylic acids is 3. The Morgan fingerprint density at radius 1 is 0.556 bits per heavy atom. The molecule has 2 saturated heterocycles. The number of carbonyl (C=O) groups is 3. The van der Waals surface area contributed by atoms with Crippen molar-refractivity contribution in [3.05, 3.63) is 158 Å². The van der Waals surface area contributed by atoms with Gasteiger partial charge in [0.2, 0.25) is 0 Å². The summed E-state index contributed by atoms with van der Waals surface area (Å²) in [4.78, 5) is 48.5. The normalized spacial score (nSPS) is 18.8. The summed E-state index contributed by atoms with van der Waals surface area (Å²) in [6, 6.07) is 32.9. The summed E-state index contributed by atoms with van der Waals surface area (Å²) in [5.41, 5.74) is -0.893. The highest BCUT2D eigenvalue weighted by Crippen LogP contribution is 2.51. The van der Waals surface area contributed by atoms with Crippen molar-refractivity contribution in [1.82, 2.24) is 0 Å². The standard InChI is InChI=1S/C24H19Cl2N3O2.C17H14Cl2N2O2/c1-23(2)24(31,16-5-4-6-19(15-16)27-3)29(21-13-9-18(26)10-14-21)22(30)28(23)20-11-7-17(25)8-12-20;1-17(2)15(22)20(13-7-3-11(18)4-8-13)16(23)21(17)14-9-5-12(19)6-10-14/h4-15,31H,1-2H3;3-10H,1-2H3. The number of aliphatic hydroxyl groups is 1. The van der Waals surface area contributed by atoms with Crippen LogP contribution < -0.4 is 19.6 Å². The lowest BCUT2D eigenvalue weighted by molar-refractivity contribution is -0.120. The SMILES string of the molecule is CC1(C)C(=O)N(c2ccc(Cl)cc2)C(=O)N1c1ccc(Cl)cc1.[C-]#[N+]c1cccc(C2(O)N(c3ccc(Cl)cc3)C(=O)N(c3ccc(Cl)cc3)C2(C)C)c1. The molecule has 54 heavy (non-hydrogen) atoms. The Bertz CT molecular complexity index is 2280. The van der Waals surface area contributed by atoms with E-state index in [2.05, 4.69) is 4.85 Å². The number of amides is 5. The number of hydrogen-bond acceptors (Lipinski definition) is 4. The molecule has 13 heteroatoms. The molecule has 5 aromatic carbocycles. The maximum absolute atomic E-state index is 13.8. The molecule has 0 radical (unpaired) electrons. The van der Waals surface area contributed by atoms with Gasteiger partial charge in [-0.05, 0) is 136 Å². The Morgan fingerprint density at radius 3 is 1.41 bits per heavy atom. The predicted octanol–water partition coefficient (Wildman–Crippen LogP) is 11.4. The summed E-state index contributed by atoms with van der Waals surface area (Å²) >= 11 is 23.9. The first-order valence-electron chi connectivity index (χ1n) is 16.6. The largest absolute Gasteiger partial charge is 0.365 e. The van der Waals surface area contributed by atoms with E-state index in [9.17, 15) is 19.5 Å². The third-order valence-electron chi connectivity index (χ3n) is 9.50. The second-order valence-corrected chi connectivity index (χ2v) is 15.3. The highest BCUT2D eigenvalue weighted by atomic mass is 35.5. The number of urea groups is 2. The van der Waals surface area contributed by atoms with E-state index in [0.29, 0.717) is 54.1 Å². The smallest absolute Gasteiger partial charge is 0.336 e. The molecule has 2 aliphatic rings. The van der Waals surface area contributed by atoms with E-state index in [1.165, 1.54) is 14.7 Å². The van der Waals surface area contributed by atoms with Gasteiger partial charge in [0.25, 0.3) is 5.91 Å². The Labute approximate surface area is 333 Å². The van der Waals surface area contributed by atoms with Crippen molar-refractivity contribution in [2.24, 2.45) is 0 Å². The zero-order valence-electron chi connectivity index (χ0n) is 29.5. The van der Waals surface area contributed by atoms with Crippen LogP contribution in [0, 0.1) is 6.57 Å². The summed E-state index contributed by atoms with van der Waals surface area (Å²) < 4.78 is 0. The summed E-state index contributed by atoms with van der Waals surface area (Å²) in [6.07, 6.45) is 0. The molecule has 2 fully saturated rings. The highest BCUT2D eigenvalue weighted by molar-refractivity contribution is 6.33. The van der Waals surface area contributed by atoms with E-state index in [1.807, 2.05) is 0 Å². The summed E-state index contributed by atoms with van der Waals surface area (Å²) in [6.45, 7) is 14.4. The van der Waals surface area contributed by atoms with Gasteiger partial charge in [-0.2, -0.15) is 0 Å². The number of halogens is 4. The quantitative estimate of drug-likeness (QED) is 0.142. The van der Waals surface area contributed by atoms with Crippen molar-refractivity contribution < 1.29 is 19.5 Å². The molecule has 274 valence electrons. The molecule has 2 aliphatic heterocycles. The third-order valence-corrected chi connectivity index (χ3v) is 10.5. The molecule has 1 atom stereocenters. The zero-order chi connectivity index (χ0) is 39.2. The minimum atomic E-state index is -1.78. The monoisotopic (exact) mass is 799 g/mol. The van der Waals surface area contributed by atoms with Crippen LogP contribution in [0.3, 0.4) is 0 Å². The molecule has 5 aromatic rings. The van der Waals surface area contributed by atoms with Crippen molar-refractivity contribution in [3.63, 3.8) is 0 Å². The summed E-state index contributed by atoms with van der Waals surface area (Å²) in [5.74, 6) is -0.292. The van der Waals surface area contributed by atoms with Crippen LogP contribution in [0.2, 0.25) is 20.1 Å². The van der Waals surface area contributed by atoms with E-state index >= 15 is 0 Å². The first-order valence-corrected chi connectivity index (χ1v) is 18.1. The average molecular weight is 802 g/mol. The molecular weight excluding hydrogens is 768 g/mol. The molecule has 2 heterocycles. The fraction of sp³-hybridized carbons (Fsp3) is 0.171. The molecule has 1 N–H and O–H groups in total. The van der Waals surface area contributed by atoms with Crippen LogP contribution in [0.1, 0.15) is 33.3 Å². The molecule has 0 spiro atoms. The Balaban J connectivity index is 0.000000193. The maximum atomic E-state index is 13.8. The Hall–Kier alpha value is -5.08. The molecule has 0 aromatic heterocycles. The summed E-state index contributed by atoms with van der Waals surface area (Å²) in [5, 5.41) is 14.4. The van der Waals surface area contributed by atoms with E-state index < -0.39 is 28.9 Å². The Kier molecular flexibility index (Phi) is 10.5. The van der Waals surface area contributed by atoms with Crippen molar-refractivity contribution in [2.75, 3.05) is 19.6 Å². The Morgan fingerprint density at radius 2 is 0.963 bits per heavy atom. The molecule has 9 nitrogen and oxygen atoms in total. The molecule has 0 saturated carbocycles. The molecule has 0 aliphatic carbocycles. The predicted molar refractivity (Wildman–Crippen MR) is 216 cm³/mol. The fourth-order valence-electron chi connectivity index (χ4n) is 6.73. The lowest BCUT2D eigenvalue weighted by Crippen LogP contribution is -2.56. The van der Waals surface area contributed by atoms with Gasteiger partial charge in [0, 0.05) is 37.2 Å². The topological polar surface area (TPSA) is 88.8 Å². The van der Waals surface area contributed by atoms with Gasteiger partial charge in [0.1, 0.15) is 5.54 Å². The van der Waals surface area contributed by atoms with E-state index in [1.54, 1.807) is 154 Å². The van der Waals surface area contributed by atoms with Gasteiger partial charge in [-0.25, -0.2) is 19.3 Å². The van der Waals surface area contributed by atoms with Crippen molar-refractivity contribution in [3.8, 4) is 0 Å². The first-order chi connectivity index (χ1) is 25.5. The van der Waals surface area contributed by atoms with Crippen LogP contribution in [0.25, 0.3) is 4.85 Å². The fourth-order valence-corrected chi connectivity index (χ4v) is 7.23. The van der Waals surface area contributed by atoms with E-state index in [-0.39, 0.29) is 5.91 Å².